The molecule has 8 heteroatoms. The molecule has 0 amide bonds. The van der Waals surface area contributed by atoms with E-state index in [1.54, 1.807) is 22.2 Å². The Labute approximate surface area is 160 Å². The second kappa shape index (κ2) is 6.47. The third kappa shape index (κ3) is 2.90. The largest absolute Gasteiger partial charge is 0.380 e. The third-order valence-corrected chi connectivity index (χ3v) is 6.10. The fourth-order valence-electron chi connectivity index (χ4n) is 3.58. The zero-order valence-electron chi connectivity index (χ0n) is 15.0. The molecule has 7 nitrogen and oxygen atoms in total. The number of hydrogen-bond donors (Lipinski definition) is 1. The van der Waals surface area contributed by atoms with Crippen LogP contribution in [-0.2, 0) is 20.1 Å². The normalized spacial score (nSPS) is 15.7. The summed E-state index contributed by atoms with van der Waals surface area (Å²) in [4.78, 5) is 7.11. The van der Waals surface area contributed by atoms with Crippen LogP contribution in [0, 0.1) is 0 Å². The predicted molar refractivity (Wildman–Crippen MR) is 105 cm³/mol. The molecule has 4 aromatic rings. The van der Waals surface area contributed by atoms with Crippen molar-refractivity contribution in [3.8, 4) is 0 Å². The van der Waals surface area contributed by atoms with E-state index in [2.05, 4.69) is 27.2 Å². The van der Waals surface area contributed by atoms with Crippen LogP contribution in [0.2, 0.25) is 0 Å². The molecule has 0 saturated heterocycles. The zero-order chi connectivity index (χ0) is 18.4. The van der Waals surface area contributed by atoms with E-state index in [4.69, 9.17) is 4.98 Å². The Morgan fingerprint density at radius 1 is 1.19 bits per heavy atom. The quantitative estimate of drug-likeness (QED) is 0.592. The summed E-state index contributed by atoms with van der Waals surface area (Å²) in [5.74, 6) is 0. The molecule has 4 heterocycles. The summed E-state index contributed by atoms with van der Waals surface area (Å²) in [6.07, 6.45) is 1.91. The average Bonchev–Trinajstić information content (AvgIpc) is 3.36. The lowest BCUT2D eigenvalue weighted by atomic mass is 10.2. The van der Waals surface area contributed by atoms with Crippen molar-refractivity contribution < 1.29 is 5.11 Å². The first kappa shape index (κ1) is 16.5. The maximum Gasteiger partial charge on any atom is 0.186 e. The van der Waals surface area contributed by atoms with Gasteiger partial charge in [-0.3, -0.25) is 9.36 Å². The smallest absolute Gasteiger partial charge is 0.186 e. The molecule has 0 radical (unpaired) electrons. The Kier molecular flexibility index (Phi) is 3.95. The lowest BCUT2D eigenvalue weighted by molar-refractivity contribution is 0.203. The van der Waals surface area contributed by atoms with Crippen molar-refractivity contribution in [1.82, 2.24) is 24.5 Å². The lowest BCUT2D eigenvalue weighted by Crippen LogP contribution is -2.22. The highest BCUT2D eigenvalue weighted by atomic mass is 32.1. The number of anilines is 1. The number of aliphatic hydroxyl groups excluding tert-OH is 1. The Balaban J connectivity index is 1.45. The summed E-state index contributed by atoms with van der Waals surface area (Å²) < 4.78 is 4.91. The second-order valence-corrected chi connectivity index (χ2v) is 7.81. The van der Waals surface area contributed by atoms with Crippen molar-refractivity contribution in [3.05, 3.63) is 59.7 Å². The monoisotopic (exact) mass is 380 g/mol. The Morgan fingerprint density at radius 2 is 2.07 bits per heavy atom. The van der Waals surface area contributed by atoms with Gasteiger partial charge in [0, 0.05) is 26.3 Å². The summed E-state index contributed by atoms with van der Waals surface area (Å²) >= 11 is 1.72. The van der Waals surface area contributed by atoms with E-state index in [9.17, 15) is 5.11 Å². The van der Waals surface area contributed by atoms with Gasteiger partial charge in [0.25, 0.3) is 0 Å². The maximum absolute atomic E-state index is 10.7. The molecule has 1 N–H and O–H groups in total. The van der Waals surface area contributed by atoms with Crippen molar-refractivity contribution in [2.24, 2.45) is 7.05 Å². The van der Waals surface area contributed by atoms with Crippen molar-refractivity contribution in [3.63, 3.8) is 0 Å². The molecule has 1 aromatic carbocycles. The molecule has 0 unspecified atom stereocenters. The molecule has 1 aliphatic rings. The van der Waals surface area contributed by atoms with Gasteiger partial charge in [-0.2, -0.15) is 10.2 Å². The Morgan fingerprint density at radius 3 is 2.89 bits per heavy atom. The van der Waals surface area contributed by atoms with E-state index in [0.717, 1.165) is 48.1 Å². The van der Waals surface area contributed by atoms with Gasteiger partial charge in [-0.25, -0.2) is 4.98 Å². The minimum Gasteiger partial charge on any atom is -0.380 e. The van der Waals surface area contributed by atoms with Gasteiger partial charge < -0.3 is 10.0 Å². The van der Waals surface area contributed by atoms with Gasteiger partial charge in [-0.1, -0.05) is 23.5 Å². The van der Waals surface area contributed by atoms with E-state index in [1.165, 1.54) is 4.70 Å². The van der Waals surface area contributed by atoms with Gasteiger partial charge in [-0.15, -0.1) is 0 Å². The van der Waals surface area contributed by atoms with Crippen LogP contribution in [0.3, 0.4) is 0 Å². The summed E-state index contributed by atoms with van der Waals surface area (Å²) in [6, 6.07) is 12.1. The molecular formula is C19H20N6OS. The van der Waals surface area contributed by atoms with Crippen molar-refractivity contribution >= 4 is 26.7 Å². The summed E-state index contributed by atoms with van der Waals surface area (Å²) in [7, 11) is 1.83. The number of benzene rings is 1. The number of fused-ring (bicyclic) bond motifs is 2. The fourth-order valence-corrected chi connectivity index (χ4v) is 4.57. The number of nitrogens with zero attached hydrogens (tertiary/aromatic N) is 6. The van der Waals surface area contributed by atoms with Crippen molar-refractivity contribution in [2.75, 3.05) is 11.4 Å². The number of aromatic nitrogens is 5. The topological polar surface area (TPSA) is 72.0 Å². The molecular weight excluding hydrogens is 360 g/mol. The predicted octanol–water partition coefficient (Wildman–Crippen LogP) is 2.72. The molecule has 0 fully saturated rings. The van der Waals surface area contributed by atoms with Gasteiger partial charge in [0.15, 0.2) is 5.13 Å². The lowest BCUT2D eigenvalue weighted by Gasteiger charge is -2.18. The van der Waals surface area contributed by atoms with Crippen molar-refractivity contribution in [1.29, 1.82) is 0 Å². The fraction of sp³-hybridized carbons (Fsp3) is 0.316. The molecule has 3 aromatic heterocycles. The van der Waals surface area contributed by atoms with Crippen LogP contribution < -0.4 is 4.90 Å². The van der Waals surface area contributed by atoms with Gasteiger partial charge >= 0.3 is 0 Å². The van der Waals surface area contributed by atoms with Crippen LogP contribution in [0.4, 0.5) is 5.13 Å². The summed E-state index contributed by atoms with van der Waals surface area (Å²) in [6.45, 7) is 2.53. The first-order valence-corrected chi connectivity index (χ1v) is 9.84. The van der Waals surface area contributed by atoms with E-state index in [0.29, 0.717) is 5.69 Å². The van der Waals surface area contributed by atoms with Crippen molar-refractivity contribution in [2.45, 2.75) is 25.6 Å². The highest BCUT2D eigenvalue weighted by Gasteiger charge is 2.23. The SMILES string of the molecule is Cn1nccc1[C@H](O)c1cc2n(n1)CCCN(c1nc3ccccc3s1)C2. The van der Waals surface area contributed by atoms with Crippen LogP contribution >= 0.6 is 11.3 Å². The molecule has 0 bridgehead atoms. The van der Waals surface area contributed by atoms with Gasteiger partial charge in [0.05, 0.1) is 33.8 Å². The van der Waals surface area contributed by atoms with Gasteiger partial charge in [-0.05, 0) is 30.7 Å². The van der Waals surface area contributed by atoms with Crippen LogP contribution in [0.15, 0.2) is 42.6 Å². The van der Waals surface area contributed by atoms with Gasteiger partial charge in [0.2, 0.25) is 0 Å². The van der Waals surface area contributed by atoms with E-state index >= 15 is 0 Å². The zero-order valence-corrected chi connectivity index (χ0v) is 15.8. The van der Waals surface area contributed by atoms with E-state index in [-0.39, 0.29) is 0 Å². The molecule has 0 aliphatic carbocycles. The maximum atomic E-state index is 10.7. The molecule has 0 saturated carbocycles. The second-order valence-electron chi connectivity index (χ2n) is 6.81. The number of hydrogen-bond acceptors (Lipinski definition) is 6. The Hall–Kier alpha value is -2.71. The number of thiazole rings is 1. The minimum atomic E-state index is -0.771. The molecule has 0 spiro atoms. The van der Waals surface area contributed by atoms with Gasteiger partial charge in [0.1, 0.15) is 6.10 Å². The summed E-state index contributed by atoms with van der Waals surface area (Å²) in [5, 5.41) is 20.5. The van der Waals surface area contributed by atoms with Crippen LogP contribution in [0.5, 0.6) is 0 Å². The summed E-state index contributed by atoms with van der Waals surface area (Å²) in [5.41, 5.74) is 3.55. The molecule has 1 atom stereocenters. The van der Waals surface area contributed by atoms with E-state index < -0.39 is 6.10 Å². The van der Waals surface area contributed by atoms with E-state index in [1.807, 2.05) is 36.0 Å². The molecule has 27 heavy (non-hydrogen) atoms. The third-order valence-electron chi connectivity index (χ3n) is 5.01. The van der Waals surface area contributed by atoms with Crippen LogP contribution in [0.1, 0.15) is 29.6 Å². The molecule has 1 aliphatic heterocycles. The average molecular weight is 380 g/mol. The first-order valence-electron chi connectivity index (χ1n) is 9.02. The standard InChI is InChI=1S/C19H20N6OS/c1-23-16(7-8-20-23)18(26)15-11-13-12-24(9-4-10-25(13)22-15)19-21-14-5-2-3-6-17(14)27-19/h2-3,5-8,11,18,26H,4,9-10,12H2,1H3/t18-/m1/s1. The van der Waals surface area contributed by atoms with Crippen LogP contribution in [0.25, 0.3) is 10.2 Å². The number of rotatable bonds is 3. The minimum absolute atomic E-state index is 0.666. The number of aryl methyl sites for hydroxylation is 2. The van der Waals surface area contributed by atoms with Crippen LogP contribution in [-0.4, -0.2) is 36.2 Å². The highest BCUT2D eigenvalue weighted by Crippen LogP contribution is 2.31. The highest BCUT2D eigenvalue weighted by molar-refractivity contribution is 7.22. The number of para-hydroxylation sites is 1. The first-order chi connectivity index (χ1) is 13.2. The number of aliphatic hydroxyl groups is 1. The molecule has 138 valence electrons. The molecule has 5 rings (SSSR count). The Bertz CT molecular complexity index is 1060.